The molecule has 3 fully saturated rings. The van der Waals surface area contributed by atoms with Crippen LogP contribution in [0.4, 0.5) is 0 Å². The van der Waals surface area contributed by atoms with Gasteiger partial charge < -0.3 is 19.1 Å². The molecule has 0 aromatic carbocycles. The SMILES string of the molecule is [2H]C1([2H])C2C3OC3C(C([2H])([2H])C1([2H])OC(=O)C(O)(c1cccs1)c1cccs1)[N+]2(C)C([2H])([2H])[2H]. The molecule has 3 saturated heterocycles. The Morgan fingerprint density at radius 2 is 1.92 bits per heavy atom. The maximum Gasteiger partial charge on any atom is 0.349 e. The van der Waals surface area contributed by atoms with Gasteiger partial charge in [-0.1, -0.05) is 12.1 Å². The minimum Gasteiger partial charge on any atom is -0.459 e. The number of carbonyl (C=O) groups is 1. The molecule has 4 unspecified atom stereocenters. The van der Waals surface area contributed by atoms with E-state index in [1.54, 1.807) is 22.9 Å². The Morgan fingerprint density at radius 1 is 1.35 bits per heavy atom. The standard InChI is InChI=1S/C19H22NO4S2/c1-20(2)12-9-11(10-13(20)17-16(12)24-17)23-18(21)19(22,14-5-3-7-25-14)15-6-4-8-26-15/h3-8,11-13,16-17,22H,9-10H2,1-2H3/q+1/i1D3,9D2,10D2,11D. The zero-order valence-corrected chi connectivity index (χ0v) is 15.3. The van der Waals surface area contributed by atoms with Gasteiger partial charge in [0.25, 0.3) is 0 Å². The number of esters is 1. The van der Waals surface area contributed by atoms with Crippen LogP contribution in [0.3, 0.4) is 0 Å². The molecule has 5 nitrogen and oxygen atoms in total. The molecule has 0 amide bonds. The van der Waals surface area contributed by atoms with Crippen molar-refractivity contribution in [3.8, 4) is 0 Å². The van der Waals surface area contributed by atoms with Crippen molar-refractivity contribution in [2.45, 2.75) is 48.7 Å². The molecule has 5 rings (SSSR count). The van der Waals surface area contributed by atoms with Gasteiger partial charge in [0, 0.05) is 18.2 Å². The van der Waals surface area contributed by atoms with Crippen LogP contribution < -0.4 is 0 Å². The van der Waals surface area contributed by atoms with Crippen molar-refractivity contribution in [1.82, 2.24) is 0 Å². The van der Waals surface area contributed by atoms with Gasteiger partial charge in [0.2, 0.25) is 5.60 Å². The number of quaternary nitrogens is 1. The van der Waals surface area contributed by atoms with Crippen LogP contribution in [0.2, 0.25) is 0 Å². The summed E-state index contributed by atoms with van der Waals surface area (Å²) in [7, 11) is 1.24. The summed E-state index contributed by atoms with van der Waals surface area (Å²) in [5, 5.41) is 14.8. The molecule has 5 heterocycles. The topological polar surface area (TPSA) is 59.1 Å². The Hall–Kier alpha value is -1.25. The third kappa shape index (κ3) is 2.28. The first kappa shape index (κ1) is 10.3. The number of piperidine rings is 1. The molecule has 7 heteroatoms. The van der Waals surface area contributed by atoms with Crippen LogP contribution in [-0.4, -0.2) is 60.0 Å². The molecule has 1 N–H and O–H groups in total. The Labute approximate surface area is 171 Å². The maximum atomic E-state index is 13.5. The summed E-state index contributed by atoms with van der Waals surface area (Å²) in [5.41, 5.74) is -2.39. The number of hydrogen-bond donors (Lipinski definition) is 1. The second-order valence-corrected chi connectivity index (χ2v) is 8.67. The van der Waals surface area contributed by atoms with E-state index in [4.69, 9.17) is 20.4 Å². The van der Waals surface area contributed by atoms with Crippen LogP contribution >= 0.6 is 22.7 Å². The van der Waals surface area contributed by atoms with Gasteiger partial charge in [-0.3, -0.25) is 0 Å². The van der Waals surface area contributed by atoms with E-state index in [-0.39, 0.29) is 9.75 Å². The number of thiophene rings is 2. The van der Waals surface area contributed by atoms with Crippen molar-refractivity contribution < 1.29 is 34.8 Å². The molecule has 3 aliphatic rings. The number of likely N-dealkylation sites (N-methyl/N-ethyl adjacent to an activating group) is 1. The number of carbonyl (C=O) groups excluding carboxylic acids is 1. The average molecular weight is 401 g/mol. The summed E-state index contributed by atoms with van der Waals surface area (Å²) in [6.45, 7) is -2.81. The molecule has 0 radical (unpaired) electrons. The fourth-order valence-corrected chi connectivity index (χ4v) is 5.40. The monoisotopic (exact) mass is 400 g/mol. The van der Waals surface area contributed by atoms with E-state index in [1.807, 2.05) is 0 Å². The van der Waals surface area contributed by atoms with E-state index in [2.05, 4.69) is 0 Å². The summed E-state index contributed by atoms with van der Waals surface area (Å²) < 4.78 is 78.1. The summed E-state index contributed by atoms with van der Waals surface area (Å²) in [5.74, 6) is -1.40. The summed E-state index contributed by atoms with van der Waals surface area (Å²) in [4.78, 5) is 13.9. The van der Waals surface area contributed by atoms with Crippen LogP contribution in [0.1, 0.15) is 33.5 Å². The normalized spacial score (nSPS) is 49.8. The molecule has 2 aromatic heterocycles. The second-order valence-electron chi connectivity index (χ2n) is 6.77. The average Bonchev–Trinajstić information content (AvgIpc) is 3.17. The van der Waals surface area contributed by atoms with Crippen molar-refractivity contribution in [2.24, 2.45) is 0 Å². The van der Waals surface area contributed by atoms with Gasteiger partial charge in [0.15, 0.2) is 0 Å². The van der Waals surface area contributed by atoms with Crippen LogP contribution in [0.15, 0.2) is 35.0 Å². The molecule has 0 spiro atoms. The predicted octanol–water partition coefficient (Wildman–Crippen LogP) is 2.35. The first-order valence-corrected chi connectivity index (χ1v) is 9.87. The predicted molar refractivity (Wildman–Crippen MR) is 99.1 cm³/mol. The molecule has 138 valence electrons. The molecule has 26 heavy (non-hydrogen) atoms. The number of fused-ring (bicyclic) bond motifs is 5. The van der Waals surface area contributed by atoms with Crippen molar-refractivity contribution in [1.29, 1.82) is 0 Å². The first-order valence-electron chi connectivity index (χ1n) is 12.1. The van der Waals surface area contributed by atoms with Crippen LogP contribution in [0.5, 0.6) is 0 Å². The number of ether oxygens (including phenoxy) is 2. The molecule has 3 aliphatic heterocycles. The number of aliphatic hydroxyl groups is 1. The van der Waals surface area contributed by atoms with Gasteiger partial charge in [-0.25, -0.2) is 4.79 Å². The molecule has 2 aromatic rings. The summed E-state index contributed by atoms with van der Waals surface area (Å²) in [6, 6.07) is 3.21. The fraction of sp³-hybridized carbons (Fsp3) is 0.526. The van der Waals surface area contributed by atoms with Crippen molar-refractivity contribution in [3.05, 3.63) is 44.8 Å². The Balaban J connectivity index is 1.62. The number of epoxide rings is 1. The number of morpholine rings is 1. The van der Waals surface area contributed by atoms with E-state index in [0.29, 0.717) is 0 Å². The lowest BCUT2D eigenvalue weighted by atomic mass is 9.95. The Bertz CT molecular complexity index is 1060. The van der Waals surface area contributed by atoms with Gasteiger partial charge in [-0.15, -0.1) is 22.7 Å². The lowest BCUT2D eigenvalue weighted by molar-refractivity contribution is -0.938. The third-order valence-electron chi connectivity index (χ3n) is 5.14. The molecule has 2 bridgehead atoms. The number of rotatable bonds is 4. The van der Waals surface area contributed by atoms with Crippen molar-refractivity contribution in [3.63, 3.8) is 0 Å². The summed E-state index contributed by atoms with van der Waals surface area (Å²) in [6.07, 6.45) is -11.0. The number of nitrogens with zero attached hydrogens (tertiary/aromatic N) is 1. The van der Waals surface area contributed by atoms with Crippen LogP contribution in [0.25, 0.3) is 0 Å². The highest BCUT2D eigenvalue weighted by molar-refractivity contribution is 7.12. The largest absolute Gasteiger partial charge is 0.459 e. The fourth-order valence-electron chi connectivity index (χ4n) is 3.69. The smallest absolute Gasteiger partial charge is 0.349 e. The number of hydrogen-bond acceptors (Lipinski definition) is 6. The van der Waals surface area contributed by atoms with Gasteiger partial charge in [-0.05, 0) is 22.9 Å². The van der Waals surface area contributed by atoms with Crippen molar-refractivity contribution >= 4 is 28.6 Å². The molecule has 0 saturated carbocycles. The lowest BCUT2D eigenvalue weighted by Crippen LogP contribution is -2.60. The van der Waals surface area contributed by atoms with Crippen molar-refractivity contribution in [2.75, 3.05) is 14.0 Å². The Kier molecular flexibility index (Phi) is 2.24. The van der Waals surface area contributed by atoms with Crippen LogP contribution in [-0.2, 0) is 19.9 Å². The van der Waals surface area contributed by atoms with Gasteiger partial charge in [-0.2, -0.15) is 0 Å². The highest BCUT2D eigenvalue weighted by Gasteiger charge is 2.71. The molecule has 4 atom stereocenters. The van der Waals surface area contributed by atoms with Gasteiger partial charge in [0.05, 0.1) is 29.3 Å². The molecule has 0 aliphatic carbocycles. The van der Waals surface area contributed by atoms with E-state index < -0.39 is 66.1 Å². The lowest BCUT2D eigenvalue weighted by Gasteiger charge is -2.45. The first-order chi connectivity index (χ1) is 15.6. The highest BCUT2D eigenvalue weighted by Crippen LogP contribution is 2.52. The zero-order chi connectivity index (χ0) is 25.1. The van der Waals surface area contributed by atoms with Crippen LogP contribution in [0, 0.1) is 0 Å². The third-order valence-corrected chi connectivity index (χ3v) is 7.10. The summed E-state index contributed by atoms with van der Waals surface area (Å²) >= 11 is 2.10. The maximum absolute atomic E-state index is 13.5. The second kappa shape index (κ2) is 5.62. The molecular formula is C19H22NO4S2+. The van der Waals surface area contributed by atoms with Gasteiger partial charge in [0.1, 0.15) is 30.4 Å². The Morgan fingerprint density at radius 3 is 2.38 bits per heavy atom. The van der Waals surface area contributed by atoms with E-state index in [9.17, 15) is 9.90 Å². The van der Waals surface area contributed by atoms with Gasteiger partial charge >= 0.3 is 5.97 Å². The van der Waals surface area contributed by atoms with E-state index >= 15 is 0 Å². The van der Waals surface area contributed by atoms with E-state index in [1.165, 1.54) is 19.2 Å². The van der Waals surface area contributed by atoms with E-state index in [0.717, 1.165) is 22.7 Å². The molecular weight excluding hydrogens is 370 g/mol. The quantitative estimate of drug-likeness (QED) is 0.486. The minimum atomic E-state index is -3.16. The highest BCUT2D eigenvalue weighted by atomic mass is 32.1. The zero-order valence-electron chi connectivity index (χ0n) is 21.7. The minimum absolute atomic E-state index is 0.165.